The van der Waals surface area contributed by atoms with Gasteiger partial charge in [-0.1, -0.05) is 30.7 Å². The van der Waals surface area contributed by atoms with Crippen LogP contribution in [0.5, 0.6) is 0 Å². The lowest BCUT2D eigenvalue weighted by Crippen LogP contribution is -2.55. The molecule has 9 nitrogen and oxygen atoms in total. The van der Waals surface area contributed by atoms with Gasteiger partial charge in [0.2, 0.25) is 5.91 Å². The highest BCUT2D eigenvalue weighted by molar-refractivity contribution is 5.87. The number of hydrogen-bond acceptors (Lipinski definition) is 8. The Bertz CT molecular complexity index is 910. The molecule has 3 saturated heterocycles. The van der Waals surface area contributed by atoms with Crippen LogP contribution in [0.25, 0.3) is 0 Å². The molecule has 2 N–H and O–H groups in total. The number of nitrogens with one attached hydrogen (secondary N) is 1. The molecule has 9 heteroatoms. The highest BCUT2D eigenvalue weighted by atomic mass is 16.7. The molecular formula is C28H43NO8. The van der Waals surface area contributed by atoms with Gasteiger partial charge in [-0.05, 0) is 52.5 Å². The van der Waals surface area contributed by atoms with Crippen molar-refractivity contribution in [1.29, 1.82) is 0 Å². The number of esters is 1. The van der Waals surface area contributed by atoms with Gasteiger partial charge >= 0.3 is 5.97 Å². The van der Waals surface area contributed by atoms with Crippen LogP contribution in [0.2, 0.25) is 0 Å². The van der Waals surface area contributed by atoms with Crippen LogP contribution >= 0.6 is 0 Å². The van der Waals surface area contributed by atoms with Crippen molar-refractivity contribution in [2.24, 2.45) is 5.92 Å². The number of rotatable bonds is 9. The van der Waals surface area contributed by atoms with Crippen molar-refractivity contribution in [2.45, 2.75) is 109 Å². The second-order valence-electron chi connectivity index (χ2n) is 10.8. The monoisotopic (exact) mass is 521 g/mol. The number of carbonyl (C=O) groups is 2. The lowest BCUT2D eigenvalue weighted by atomic mass is 9.87. The van der Waals surface area contributed by atoms with E-state index in [0.717, 1.165) is 18.4 Å². The minimum atomic E-state index is -0.799. The first-order chi connectivity index (χ1) is 17.4. The van der Waals surface area contributed by atoms with Gasteiger partial charge in [0, 0.05) is 26.5 Å². The molecular weight excluding hydrogens is 478 g/mol. The quantitative estimate of drug-likeness (QED) is 0.206. The van der Waals surface area contributed by atoms with E-state index in [-0.39, 0.29) is 36.0 Å². The maximum Gasteiger partial charge on any atom is 0.303 e. The van der Waals surface area contributed by atoms with Gasteiger partial charge < -0.3 is 34.1 Å². The summed E-state index contributed by atoms with van der Waals surface area (Å²) in [5.74, 6) is -1.18. The van der Waals surface area contributed by atoms with E-state index in [9.17, 15) is 14.7 Å². The average Bonchev–Trinajstić information content (AvgIpc) is 3.59. The Morgan fingerprint density at radius 1 is 1.24 bits per heavy atom. The maximum atomic E-state index is 12.3. The summed E-state index contributed by atoms with van der Waals surface area (Å²) in [7, 11) is 1.60. The van der Waals surface area contributed by atoms with Crippen molar-refractivity contribution >= 4 is 11.9 Å². The van der Waals surface area contributed by atoms with Crippen molar-refractivity contribution in [1.82, 2.24) is 5.32 Å². The number of methoxy groups -OCH3 is 1. The van der Waals surface area contributed by atoms with E-state index in [1.54, 1.807) is 20.1 Å². The average molecular weight is 522 g/mol. The normalized spacial score (nSPS) is 39.2. The molecule has 1 spiro atoms. The van der Waals surface area contributed by atoms with Crippen molar-refractivity contribution < 1.29 is 38.4 Å². The number of aliphatic hydroxyl groups is 1. The molecule has 3 heterocycles. The number of hydrogen-bond donors (Lipinski definition) is 2. The van der Waals surface area contributed by atoms with Crippen LogP contribution < -0.4 is 5.32 Å². The summed E-state index contributed by atoms with van der Waals surface area (Å²) in [4.78, 5) is 23.3. The zero-order valence-electron chi connectivity index (χ0n) is 23.1. The molecule has 0 aromatic rings. The molecule has 0 saturated carbocycles. The van der Waals surface area contributed by atoms with E-state index in [2.05, 4.69) is 18.3 Å². The largest absolute Gasteiger partial charge is 0.459 e. The van der Waals surface area contributed by atoms with Crippen LogP contribution in [0, 0.1) is 5.92 Å². The van der Waals surface area contributed by atoms with Crippen LogP contribution in [0.3, 0.4) is 0 Å². The zero-order valence-corrected chi connectivity index (χ0v) is 23.1. The number of epoxide rings is 1. The topological polar surface area (TPSA) is 116 Å². The predicted octanol–water partition coefficient (Wildman–Crippen LogP) is 2.97. The Morgan fingerprint density at radius 3 is 2.57 bits per heavy atom. The molecule has 3 aliphatic rings. The Labute approximate surface area is 220 Å². The highest BCUT2D eigenvalue weighted by Gasteiger charge is 2.61. The van der Waals surface area contributed by atoms with Crippen LogP contribution in [0.4, 0.5) is 0 Å². The lowest BCUT2D eigenvalue weighted by molar-refractivity contribution is -0.284. The Morgan fingerprint density at radius 2 is 1.95 bits per heavy atom. The number of amides is 1. The molecule has 3 fully saturated rings. The number of carbonyl (C=O) groups excluding carboxylic acids is 2. The van der Waals surface area contributed by atoms with Gasteiger partial charge in [-0.3, -0.25) is 9.59 Å². The summed E-state index contributed by atoms with van der Waals surface area (Å²) in [5.41, 5.74) is 0.455. The van der Waals surface area contributed by atoms with Crippen LogP contribution in [-0.4, -0.2) is 78.6 Å². The van der Waals surface area contributed by atoms with E-state index < -0.39 is 29.7 Å². The summed E-state index contributed by atoms with van der Waals surface area (Å²) in [6.07, 6.45) is 9.09. The Balaban J connectivity index is 1.50. The molecule has 37 heavy (non-hydrogen) atoms. The fraction of sp³-hybridized carbons (Fsp3) is 0.714. The highest BCUT2D eigenvalue weighted by Crippen LogP contribution is 2.46. The first-order valence-electron chi connectivity index (χ1n) is 13.1. The van der Waals surface area contributed by atoms with E-state index in [0.29, 0.717) is 13.0 Å². The summed E-state index contributed by atoms with van der Waals surface area (Å²) >= 11 is 0. The fourth-order valence-corrected chi connectivity index (χ4v) is 5.06. The fourth-order valence-electron chi connectivity index (χ4n) is 5.06. The van der Waals surface area contributed by atoms with Crippen LogP contribution in [-0.2, 0) is 33.3 Å². The van der Waals surface area contributed by atoms with Crippen molar-refractivity contribution in [3.8, 4) is 0 Å². The molecule has 0 aromatic heterocycles. The van der Waals surface area contributed by atoms with E-state index in [4.69, 9.17) is 23.7 Å². The third-order valence-corrected chi connectivity index (χ3v) is 7.44. The number of ether oxygens (including phenoxy) is 5. The van der Waals surface area contributed by atoms with Gasteiger partial charge in [-0.25, -0.2) is 0 Å². The minimum Gasteiger partial charge on any atom is -0.459 e. The van der Waals surface area contributed by atoms with Crippen LogP contribution in [0.1, 0.15) is 60.8 Å². The number of allylic oxidation sites excluding steroid dienone is 2. The maximum absolute atomic E-state index is 12.3. The second kappa shape index (κ2) is 12.2. The first kappa shape index (κ1) is 29.5. The lowest BCUT2D eigenvalue weighted by Gasteiger charge is -2.42. The summed E-state index contributed by atoms with van der Waals surface area (Å²) in [6, 6.07) is -0.102. The summed E-state index contributed by atoms with van der Waals surface area (Å²) in [6.45, 7) is 11.5. The zero-order chi connectivity index (χ0) is 27.4. The molecule has 0 aromatic carbocycles. The predicted molar refractivity (Wildman–Crippen MR) is 138 cm³/mol. The Hall–Kier alpha value is -2.04. The van der Waals surface area contributed by atoms with Gasteiger partial charge in [-0.15, -0.1) is 0 Å². The van der Waals surface area contributed by atoms with Gasteiger partial charge in [-0.2, -0.15) is 0 Å². The molecule has 3 aliphatic heterocycles. The standard InChI is InChI=1S/C28H43NO8/c1-17(9-12-24-26(32)28(16-34-28)15-27(6,33-7)37-24)8-11-23-18(2)14-22(20(4)36-23)29-25(31)13-10-19(3)35-21(5)30/h8-10,12-13,18-20,22-24,26,32H,11,14-16H2,1-7H3,(H,29,31)/b12-9+,13-10-,17-8+/t18-,19-,20+,22+,23-,24+,26+,27-,28+/m0/s1. The third-order valence-electron chi connectivity index (χ3n) is 7.44. The van der Waals surface area contributed by atoms with E-state index >= 15 is 0 Å². The smallest absolute Gasteiger partial charge is 0.303 e. The number of aliphatic hydroxyl groups excluding tert-OH is 1. The summed E-state index contributed by atoms with van der Waals surface area (Å²) in [5, 5.41) is 13.7. The van der Waals surface area contributed by atoms with E-state index in [1.807, 2.05) is 32.9 Å². The molecule has 0 aliphatic carbocycles. The van der Waals surface area contributed by atoms with Gasteiger partial charge in [0.05, 0.1) is 24.9 Å². The summed E-state index contributed by atoms with van der Waals surface area (Å²) < 4.78 is 28.4. The molecule has 0 radical (unpaired) electrons. The molecule has 9 atom stereocenters. The van der Waals surface area contributed by atoms with Crippen molar-refractivity contribution in [3.05, 3.63) is 36.0 Å². The van der Waals surface area contributed by atoms with Crippen molar-refractivity contribution in [3.63, 3.8) is 0 Å². The first-order valence-corrected chi connectivity index (χ1v) is 13.1. The third kappa shape index (κ3) is 7.97. The second-order valence-corrected chi connectivity index (χ2v) is 10.8. The van der Waals surface area contributed by atoms with Crippen molar-refractivity contribution in [2.75, 3.05) is 13.7 Å². The van der Waals surface area contributed by atoms with Crippen LogP contribution in [0.15, 0.2) is 36.0 Å². The molecule has 1 amide bonds. The SMILES string of the molecule is CO[C@]1(C)C[C@@]2(CO2)[C@H](O)[C@@H](/C=C/C(C)=C/C[C@@H]2O[C@H](C)[C@H](NC(=O)/C=C\[C@H](C)OC(C)=O)C[C@@H]2C)O1. The Kier molecular flexibility index (Phi) is 9.74. The van der Waals surface area contributed by atoms with Gasteiger partial charge in [0.1, 0.15) is 23.9 Å². The van der Waals surface area contributed by atoms with Gasteiger partial charge in [0.25, 0.3) is 0 Å². The van der Waals surface area contributed by atoms with E-state index in [1.165, 1.54) is 13.0 Å². The van der Waals surface area contributed by atoms with Gasteiger partial charge in [0.15, 0.2) is 5.79 Å². The molecule has 208 valence electrons. The molecule has 0 unspecified atom stereocenters. The minimum absolute atomic E-state index is 0.0301. The molecule has 0 bridgehead atoms. The molecule has 3 rings (SSSR count).